The zero-order chi connectivity index (χ0) is 21.3. The average Bonchev–Trinajstić information content (AvgIpc) is 2.78. The number of benzene rings is 3. The predicted octanol–water partition coefficient (Wildman–Crippen LogP) is 3.43. The van der Waals surface area contributed by atoms with Crippen LogP contribution in [0.1, 0.15) is 27.4 Å². The Hall–Kier alpha value is -3.60. The van der Waals surface area contributed by atoms with Crippen molar-refractivity contribution in [1.82, 2.24) is 10.6 Å². The molecule has 3 rings (SSSR count). The molecule has 0 saturated carbocycles. The van der Waals surface area contributed by atoms with Gasteiger partial charge in [0, 0.05) is 38.4 Å². The molecule has 0 aromatic heterocycles. The van der Waals surface area contributed by atoms with Crippen LogP contribution in [0.3, 0.4) is 0 Å². The Labute approximate surface area is 177 Å². The van der Waals surface area contributed by atoms with Gasteiger partial charge in [-0.1, -0.05) is 60.7 Å². The second kappa shape index (κ2) is 10.3. The number of nitrogens with zero attached hydrogens (tertiary/aromatic N) is 1. The third-order valence-electron chi connectivity index (χ3n) is 4.88. The van der Waals surface area contributed by atoms with Crippen molar-refractivity contribution in [2.75, 3.05) is 32.1 Å². The molecule has 0 radical (unpaired) electrons. The average molecular weight is 402 g/mol. The van der Waals surface area contributed by atoms with Gasteiger partial charge in [0.05, 0.1) is 5.92 Å². The molecule has 5 nitrogen and oxygen atoms in total. The summed E-state index contributed by atoms with van der Waals surface area (Å²) >= 11 is 0. The largest absolute Gasteiger partial charge is 0.378 e. The number of nitrogens with one attached hydrogen (secondary N) is 2. The second-order valence-corrected chi connectivity index (χ2v) is 7.24. The summed E-state index contributed by atoms with van der Waals surface area (Å²) in [5.74, 6) is -0.629. The van der Waals surface area contributed by atoms with Crippen molar-refractivity contribution in [3.63, 3.8) is 0 Å². The van der Waals surface area contributed by atoms with Gasteiger partial charge in [0.1, 0.15) is 0 Å². The van der Waals surface area contributed by atoms with Gasteiger partial charge in [0.25, 0.3) is 5.91 Å². The molecular formula is C25H27N3O2. The van der Waals surface area contributed by atoms with E-state index in [1.165, 1.54) is 0 Å². The maximum Gasteiger partial charge on any atom is 0.251 e. The highest BCUT2D eigenvalue weighted by Gasteiger charge is 2.22. The third-order valence-corrected chi connectivity index (χ3v) is 4.88. The van der Waals surface area contributed by atoms with Gasteiger partial charge in [-0.3, -0.25) is 9.59 Å². The number of carbonyl (C=O) groups excluding carboxylic acids is 2. The van der Waals surface area contributed by atoms with Gasteiger partial charge in [0.15, 0.2) is 0 Å². The first-order chi connectivity index (χ1) is 14.6. The molecule has 5 heteroatoms. The van der Waals surface area contributed by atoms with Gasteiger partial charge >= 0.3 is 0 Å². The Morgan fingerprint density at radius 2 is 1.23 bits per heavy atom. The van der Waals surface area contributed by atoms with Crippen LogP contribution in [0.4, 0.5) is 5.69 Å². The minimum atomic E-state index is -0.387. The lowest BCUT2D eigenvalue weighted by atomic mass is 9.90. The Kier molecular flexibility index (Phi) is 7.22. The maximum absolute atomic E-state index is 12.9. The van der Waals surface area contributed by atoms with E-state index >= 15 is 0 Å². The number of rotatable bonds is 8. The fourth-order valence-electron chi connectivity index (χ4n) is 3.26. The molecular weight excluding hydrogens is 374 g/mol. The van der Waals surface area contributed by atoms with Crippen LogP contribution in [0.5, 0.6) is 0 Å². The van der Waals surface area contributed by atoms with E-state index in [4.69, 9.17) is 0 Å². The smallest absolute Gasteiger partial charge is 0.251 e. The minimum absolute atomic E-state index is 0.0861. The van der Waals surface area contributed by atoms with Gasteiger partial charge in [-0.2, -0.15) is 0 Å². The van der Waals surface area contributed by atoms with Crippen molar-refractivity contribution < 1.29 is 9.59 Å². The lowest BCUT2D eigenvalue weighted by molar-refractivity contribution is -0.121. The minimum Gasteiger partial charge on any atom is -0.378 e. The second-order valence-electron chi connectivity index (χ2n) is 7.24. The first kappa shape index (κ1) is 21.1. The molecule has 0 bridgehead atoms. The van der Waals surface area contributed by atoms with Crippen LogP contribution < -0.4 is 15.5 Å². The Morgan fingerprint density at radius 3 is 1.73 bits per heavy atom. The van der Waals surface area contributed by atoms with Crippen molar-refractivity contribution in [3.05, 3.63) is 102 Å². The molecule has 0 atom stereocenters. The fourth-order valence-corrected chi connectivity index (χ4v) is 3.26. The summed E-state index contributed by atoms with van der Waals surface area (Å²) in [5, 5.41) is 5.80. The Bertz CT molecular complexity index is 915. The molecule has 0 spiro atoms. The predicted molar refractivity (Wildman–Crippen MR) is 121 cm³/mol. The molecule has 154 valence electrons. The lowest BCUT2D eigenvalue weighted by Gasteiger charge is -2.18. The van der Waals surface area contributed by atoms with E-state index in [1.807, 2.05) is 91.8 Å². The molecule has 0 heterocycles. The van der Waals surface area contributed by atoms with Gasteiger partial charge in [-0.25, -0.2) is 0 Å². The van der Waals surface area contributed by atoms with E-state index < -0.39 is 0 Å². The first-order valence-corrected chi connectivity index (χ1v) is 9.99. The third kappa shape index (κ3) is 5.47. The summed E-state index contributed by atoms with van der Waals surface area (Å²) in [7, 11) is 3.91. The first-order valence-electron chi connectivity index (χ1n) is 9.99. The van der Waals surface area contributed by atoms with Crippen molar-refractivity contribution in [3.8, 4) is 0 Å². The summed E-state index contributed by atoms with van der Waals surface area (Å²) in [4.78, 5) is 27.2. The van der Waals surface area contributed by atoms with Crippen LogP contribution in [0.2, 0.25) is 0 Å². The van der Waals surface area contributed by atoms with Crippen molar-refractivity contribution in [1.29, 1.82) is 0 Å². The van der Waals surface area contributed by atoms with Crippen LogP contribution in [-0.4, -0.2) is 39.0 Å². The van der Waals surface area contributed by atoms with Crippen LogP contribution in [-0.2, 0) is 4.79 Å². The molecule has 2 amide bonds. The molecule has 0 fully saturated rings. The summed E-state index contributed by atoms with van der Waals surface area (Å²) in [5.41, 5.74) is 3.50. The van der Waals surface area contributed by atoms with E-state index in [0.717, 1.165) is 16.8 Å². The fraction of sp³-hybridized carbons (Fsp3) is 0.200. The van der Waals surface area contributed by atoms with Gasteiger partial charge in [-0.05, 0) is 35.4 Å². The number of hydrogen-bond donors (Lipinski definition) is 2. The molecule has 3 aromatic carbocycles. The summed E-state index contributed by atoms with van der Waals surface area (Å²) in [6, 6.07) is 26.8. The zero-order valence-corrected chi connectivity index (χ0v) is 17.3. The normalized spacial score (nSPS) is 10.5. The lowest BCUT2D eigenvalue weighted by Crippen LogP contribution is -2.37. The number of hydrogen-bond acceptors (Lipinski definition) is 3. The van der Waals surface area contributed by atoms with E-state index in [1.54, 1.807) is 12.1 Å². The number of carbonyl (C=O) groups is 2. The standard InChI is InChI=1S/C25H27N3O2/c1-28(2)22-15-13-21(14-16-22)24(29)26-17-18-27-25(30)23(19-9-5-3-6-10-19)20-11-7-4-8-12-20/h3-16,23H,17-18H2,1-2H3,(H,26,29)(H,27,30). The van der Waals surface area contributed by atoms with E-state index in [2.05, 4.69) is 10.6 Å². The molecule has 0 aliphatic rings. The van der Waals surface area contributed by atoms with Crippen LogP contribution in [0.25, 0.3) is 0 Å². The molecule has 2 N–H and O–H groups in total. The van der Waals surface area contributed by atoms with Crippen LogP contribution >= 0.6 is 0 Å². The van der Waals surface area contributed by atoms with Crippen LogP contribution in [0.15, 0.2) is 84.9 Å². The molecule has 3 aromatic rings. The SMILES string of the molecule is CN(C)c1ccc(C(=O)NCCNC(=O)C(c2ccccc2)c2ccccc2)cc1. The van der Waals surface area contributed by atoms with Crippen molar-refractivity contribution in [2.45, 2.75) is 5.92 Å². The Balaban J connectivity index is 1.56. The van der Waals surface area contributed by atoms with Gasteiger partial charge in [-0.15, -0.1) is 0 Å². The highest BCUT2D eigenvalue weighted by molar-refractivity contribution is 5.94. The molecule has 0 aliphatic carbocycles. The quantitative estimate of drug-likeness (QED) is 0.569. The highest BCUT2D eigenvalue weighted by Crippen LogP contribution is 2.24. The number of amides is 2. The highest BCUT2D eigenvalue weighted by atomic mass is 16.2. The van der Waals surface area contributed by atoms with Gasteiger partial charge in [0.2, 0.25) is 5.91 Å². The summed E-state index contributed by atoms with van der Waals surface area (Å²) in [6.45, 7) is 0.715. The number of anilines is 1. The maximum atomic E-state index is 12.9. The molecule has 0 aliphatic heterocycles. The van der Waals surface area contributed by atoms with E-state index in [0.29, 0.717) is 18.7 Å². The van der Waals surface area contributed by atoms with Crippen LogP contribution in [0, 0.1) is 0 Å². The molecule has 30 heavy (non-hydrogen) atoms. The molecule has 0 unspecified atom stereocenters. The van der Waals surface area contributed by atoms with Crippen molar-refractivity contribution >= 4 is 17.5 Å². The summed E-state index contributed by atoms with van der Waals surface area (Å²) < 4.78 is 0. The van der Waals surface area contributed by atoms with Gasteiger partial charge < -0.3 is 15.5 Å². The van der Waals surface area contributed by atoms with Crippen molar-refractivity contribution in [2.24, 2.45) is 0 Å². The summed E-state index contributed by atoms with van der Waals surface area (Å²) in [6.07, 6.45) is 0. The topological polar surface area (TPSA) is 61.4 Å². The zero-order valence-electron chi connectivity index (χ0n) is 17.3. The van der Waals surface area contributed by atoms with E-state index in [-0.39, 0.29) is 17.7 Å². The monoisotopic (exact) mass is 401 g/mol. The van der Waals surface area contributed by atoms with E-state index in [9.17, 15) is 9.59 Å². The molecule has 0 saturated heterocycles. The Morgan fingerprint density at radius 1 is 0.733 bits per heavy atom.